The van der Waals surface area contributed by atoms with Crippen LogP contribution in [0.3, 0.4) is 0 Å². The number of benzene rings is 2. The number of aromatic nitrogens is 2. The molecule has 2 N–H and O–H groups in total. The minimum Gasteiger partial charge on any atom is -0.367 e. The van der Waals surface area contributed by atoms with Crippen molar-refractivity contribution >= 4 is 39.2 Å². The third-order valence-electron chi connectivity index (χ3n) is 3.78. The third-order valence-corrected chi connectivity index (χ3v) is 5.16. The van der Waals surface area contributed by atoms with E-state index in [1.165, 1.54) is 11.8 Å². The van der Waals surface area contributed by atoms with Crippen molar-refractivity contribution in [1.29, 1.82) is 5.26 Å². The van der Waals surface area contributed by atoms with E-state index in [1.807, 2.05) is 30.3 Å². The largest absolute Gasteiger partial charge is 0.367 e. The van der Waals surface area contributed by atoms with Gasteiger partial charge in [0.25, 0.3) is 5.56 Å². The standard InChI is InChI=1S/C19H16N4OS2/c1-12-22-17-7-6-15(8-16(17)18(24)23-12)10-21-19(25)26-11-14-4-2-13(9-20)3-5-14/h2-8H,10-11H2,1H3,(H,21,25)(H,22,23,24). The van der Waals surface area contributed by atoms with Gasteiger partial charge in [-0.2, -0.15) is 5.26 Å². The van der Waals surface area contributed by atoms with Crippen LogP contribution in [0.15, 0.2) is 47.3 Å². The molecule has 0 aliphatic rings. The summed E-state index contributed by atoms with van der Waals surface area (Å²) in [6, 6.07) is 15.2. The minimum absolute atomic E-state index is 0.132. The van der Waals surface area contributed by atoms with Crippen LogP contribution in [0.5, 0.6) is 0 Å². The molecule has 0 atom stereocenters. The fraction of sp³-hybridized carbons (Fsp3) is 0.158. The quantitative estimate of drug-likeness (QED) is 0.675. The monoisotopic (exact) mass is 380 g/mol. The number of hydrogen-bond acceptors (Lipinski definition) is 5. The van der Waals surface area contributed by atoms with E-state index >= 15 is 0 Å². The molecule has 0 fully saturated rings. The molecular weight excluding hydrogens is 364 g/mol. The van der Waals surface area contributed by atoms with Gasteiger partial charge < -0.3 is 10.3 Å². The Morgan fingerprint density at radius 1 is 1.27 bits per heavy atom. The van der Waals surface area contributed by atoms with Gasteiger partial charge in [-0.25, -0.2) is 4.98 Å². The molecule has 0 saturated carbocycles. The number of H-pyrrole nitrogens is 1. The van der Waals surface area contributed by atoms with E-state index in [4.69, 9.17) is 17.5 Å². The van der Waals surface area contributed by atoms with Crippen molar-refractivity contribution in [3.8, 4) is 6.07 Å². The van der Waals surface area contributed by atoms with Gasteiger partial charge in [0.2, 0.25) is 0 Å². The van der Waals surface area contributed by atoms with E-state index in [0.29, 0.717) is 33.2 Å². The first-order valence-electron chi connectivity index (χ1n) is 7.94. The predicted molar refractivity (Wildman–Crippen MR) is 109 cm³/mol. The molecule has 0 unspecified atom stereocenters. The molecule has 0 saturated heterocycles. The van der Waals surface area contributed by atoms with Crippen LogP contribution >= 0.6 is 24.0 Å². The zero-order chi connectivity index (χ0) is 18.5. The summed E-state index contributed by atoms with van der Waals surface area (Å²) in [5.41, 5.74) is 3.28. The molecule has 2 aromatic carbocycles. The van der Waals surface area contributed by atoms with Crippen molar-refractivity contribution < 1.29 is 0 Å². The Bertz CT molecular complexity index is 1050. The highest BCUT2D eigenvalue weighted by molar-refractivity contribution is 8.22. The lowest BCUT2D eigenvalue weighted by Gasteiger charge is -2.08. The first-order valence-corrected chi connectivity index (χ1v) is 9.34. The Hall–Kier alpha value is -2.69. The molecule has 5 nitrogen and oxygen atoms in total. The maximum Gasteiger partial charge on any atom is 0.258 e. The Kier molecular flexibility index (Phi) is 5.66. The lowest BCUT2D eigenvalue weighted by Crippen LogP contribution is -2.18. The second-order valence-electron chi connectivity index (χ2n) is 5.74. The lowest BCUT2D eigenvalue weighted by molar-refractivity contribution is 0.940. The maximum atomic E-state index is 12.0. The van der Waals surface area contributed by atoms with Crippen LogP contribution in [0.25, 0.3) is 10.9 Å². The Labute approximate surface area is 160 Å². The van der Waals surface area contributed by atoms with Crippen LogP contribution in [0, 0.1) is 18.3 Å². The number of nitrogens with one attached hydrogen (secondary N) is 2. The number of aromatic amines is 1. The first kappa shape index (κ1) is 18.1. The average Bonchev–Trinajstić information content (AvgIpc) is 2.65. The van der Waals surface area contributed by atoms with Crippen LogP contribution < -0.4 is 10.9 Å². The molecule has 0 amide bonds. The Balaban J connectivity index is 1.58. The van der Waals surface area contributed by atoms with Crippen LogP contribution in [0.4, 0.5) is 0 Å². The van der Waals surface area contributed by atoms with Crippen LogP contribution in [-0.2, 0) is 12.3 Å². The molecule has 130 valence electrons. The number of thioether (sulfide) groups is 1. The van der Waals surface area contributed by atoms with Gasteiger partial charge in [0.1, 0.15) is 10.1 Å². The number of hydrogen-bond donors (Lipinski definition) is 2. The smallest absolute Gasteiger partial charge is 0.258 e. The molecular formula is C19H16N4OS2. The highest BCUT2D eigenvalue weighted by Crippen LogP contribution is 2.15. The first-order chi connectivity index (χ1) is 12.5. The molecule has 0 spiro atoms. The maximum absolute atomic E-state index is 12.0. The van der Waals surface area contributed by atoms with E-state index in [9.17, 15) is 4.79 Å². The molecule has 0 aliphatic heterocycles. The SMILES string of the molecule is Cc1nc2ccc(CNC(=S)SCc3ccc(C#N)cc3)cc2c(=O)[nH]1. The Morgan fingerprint density at radius 2 is 2.00 bits per heavy atom. The van der Waals surface area contributed by atoms with Gasteiger partial charge in [0.05, 0.1) is 22.5 Å². The van der Waals surface area contributed by atoms with E-state index in [0.717, 1.165) is 16.9 Å². The van der Waals surface area contributed by atoms with Crippen LogP contribution in [0.1, 0.15) is 22.5 Å². The second-order valence-corrected chi connectivity index (χ2v) is 7.39. The van der Waals surface area contributed by atoms with Gasteiger partial charge in [0.15, 0.2) is 0 Å². The van der Waals surface area contributed by atoms with Gasteiger partial charge in [-0.15, -0.1) is 0 Å². The highest BCUT2D eigenvalue weighted by Gasteiger charge is 2.04. The van der Waals surface area contributed by atoms with Crippen molar-refractivity contribution in [1.82, 2.24) is 15.3 Å². The average molecular weight is 380 g/mol. The van der Waals surface area contributed by atoms with Crippen LogP contribution in [-0.4, -0.2) is 14.3 Å². The summed E-state index contributed by atoms with van der Waals surface area (Å²) in [6.45, 7) is 2.31. The number of nitrogens with zero attached hydrogens (tertiary/aromatic N) is 2. The molecule has 7 heteroatoms. The fourth-order valence-corrected chi connectivity index (χ4v) is 3.38. The number of nitriles is 1. The fourth-order valence-electron chi connectivity index (χ4n) is 2.46. The van der Waals surface area contributed by atoms with Crippen molar-refractivity contribution in [2.24, 2.45) is 0 Å². The van der Waals surface area contributed by atoms with Crippen molar-refractivity contribution in [3.05, 3.63) is 75.3 Å². The topological polar surface area (TPSA) is 81.6 Å². The Morgan fingerprint density at radius 3 is 2.73 bits per heavy atom. The van der Waals surface area contributed by atoms with Gasteiger partial charge in [-0.3, -0.25) is 4.79 Å². The van der Waals surface area contributed by atoms with E-state index in [1.54, 1.807) is 19.1 Å². The number of aryl methyl sites for hydroxylation is 1. The zero-order valence-corrected chi connectivity index (χ0v) is 15.7. The van der Waals surface area contributed by atoms with Gasteiger partial charge in [0, 0.05) is 12.3 Å². The summed E-state index contributed by atoms with van der Waals surface area (Å²) in [5.74, 6) is 1.34. The van der Waals surface area contributed by atoms with E-state index in [-0.39, 0.29) is 5.56 Å². The normalized spacial score (nSPS) is 10.5. The third kappa shape index (κ3) is 4.48. The van der Waals surface area contributed by atoms with Crippen LogP contribution in [0.2, 0.25) is 0 Å². The predicted octanol–water partition coefficient (Wildman–Crippen LogP) is 3.41. The lowest BCUT2D eigenvalue weighted by atomic mass is 10.1. The molecule has 1 aromatic heterocycles. The highest BCUT2D eigenvalue weighted by atomic mass is 32.2. The molecule has 0 bridgehead atoms. The number of thiocarbonyl (C=S) groups is 1. The van der Waals surface area contributed by atoms with Gasteiger partial charge >= 0.3 is 0 Å². The minimum atomic E-state index is -0.132. The zero-order valence-electron chi connectivity index (χ0n) is 14.1. The summed E-state index contributed by atoms with van der Waals surface area (Å²) in [4.78, 5) is 19.1. The van der Waals surface area contributed by atoms with E-state index < -0.39 is 0 Å². The molecule has 3 aromatic rings. The molecule has 3 rings (SSSR count). The summed E-state index contributed by atoms with van der Waals surface area (Å²) in [7, 11) is 0. The summed E-state index contributed by atoms with van der Waals surface area (Å²) in [6.07, 6.45) is 0. The summed E-state index contributed by atoms with van der Waals surface area (Å²) >= 11 is 6.89. The van der Waals surface area contributed by atoms with Crippen molar-refractivity contribution in [2.45, 2.75) is 19.2 Å². The van der Waals surface area contributed by atoms with Gasteiger partial charge in [-0.05, 0) is 42.3 Å². The molecule has 26 heavy (non-hydrogen) atoms. The molecule has 0 aliphatic carbocycles. The summed E-state index contributed by atoms with van der Waals surface area (Å²) in [5, 5.41) is 12.6. The second kappa shape index (κ2) is 8.13. The van der Waals surface area contributed by atoms with Crippen molar-refractivity contribution in [2.75, 3.05) is 0 Å². The molecule has 1 heterocycles. The number of fused-ring (bicyclic) bond motifs is 1. The number of rotatable bonds is 4. The molecule has 0 radical (unpaired) electrons. The van der Waals surface area contributed by atoms with E-state index in [2.05, 4.69) is 21.4 Å². The summed E-state index contributed by atoms with van der Waals surface area (Å²) < 4.78 is 0.686. The van der Waals surface area contributed by atoms with Crippen molar-refractivity contribution in [3.63, 3.8) is 0 Å². The van der Waals surface area contributed by atoms with Gasteiger partial charge in [-0.1, -0.05) is 42.2 Å².